The van der Waals surface area contributed by atoms with E-state index < -0.39 is 0 Å². The Kier molecular flexibility index (Phi) is 18.4. The van der Waals surface area contributed by atoms with Gasteiger partial charge in [-0.15, -0.1) is 11.6 Å². The van der Waals surface area contributed by atoms with Gasteiger partial charge >= 0.3 is 0 Å². The maximum Gasteiger partial charge on any atom is 0.0571 e. The monoisotopic (exact) mass is 590 g/mol. The molecular formula is C33H67ClN2O4. The summed E-state index contributed by atoms with van der Waals surface area (Å²) < 4.78 is 5.62. The molecule has 0 aromatic heterocycles. The lowest BCUT2D eigenvalue weighted by Gasteiger charge is -2.49. The third-order valence-electron chi connectivity index (χ3n) is 10.7. The number of methoxy groups -OCH3 is 1. The molecule has 240 valence electrons. The van der Waals surface area contributed by atoms with Crippen LogP contribution in [0.4, 0.5) is 0 Å². The van der Waals surface area contributed by atoms with Crippen molar-refractivity contribution in [2.75, 3.05) is 33.3 Å². The third-order valence-corrected chi connectivity index (χ3v) is 11.1. The first-order valence-electron chi connectivity index (χ1n) is 15.6. The zero-order valence-electron chi connectivity index (χ0n) is 25.7. The first kappa shape index (κ1) is 39.8. The molecule has 3 aliphatic carbocycles. The molecule has 0 amide bonds. The van der Waals surface area contributed by atoms with Gasteiger partial charge in [0.1, 0.15) is 0 Å². The third kappa shape index (κ3) is 10.8. The van der Waals surface area contributed by atoms with Crippen molar-refractivity contribution >= 4 is 11.6 Å². The van der Waals surface area contributed by atoms with Crippen LogP contribution in [0.1, 0.15) is 112 Å². The van der Waals surface area contributed by atoms with Crippen LogP contribution in [-0.2, 0) is 4.74 Å². The van der Waals surface area contributed by atoms with E-state index in [1.165, 1.54) is 96.7 Å². The zero-order chi connectivity index (χ0) is 25.7. The molecule has 1 saturated heterocycles. The molecule has 4 aliphatic rings. The number of hydrogen-bond acceptors (Lipinski definition) is 3. The molecule has 0 bridgehead atoms. The predicted molar refractivity (Wildman–Crippen MR) is 172 cm³/mol. The van der Waals surface area contributed by atoms with E-state index in [4.69, 9.17) is 16.3 Å². The number of halogens is 1. The minimum atomic E-state index is 0. The number of nitrogens with one attached hydrogen (secondary N) is 1. The van der Waals surface area contributed by atoms with Crippen LogP contribution in [0.25, 0.3) is 0 Å². The molecule has 2 saturated carbocycles. The lowest BCUT2D eigenvalue weighted by atomic mass is 9.64. The van der Waals surface area contributed by atoms with Gasteiger partial charge in [-0.3, -0.25) is 0 Å². The number of nitrogens with zero attached hydrogens (tertiary/aromatic N) is 1. The summed E-state index contributed by atoms with van der Waals surface area (Å²) >= 11 is 6.42. The van der Waals surface area contributed by atoms with E-state index in [9.17, 15) is 0 Å². The molecule has 6 nitrogen and oxygen atoms in total. The first-order valence-corrected chi connectivity index (χ1v) is 16.0. The molecule has 0 aromatic carbocycles. The summed E-state index contributed by atoms with van der Waals surface area (Å²) in [5.74, 6) is 4.11. The average Bonchev–Trinajstić information content (AvgIpc) is 2.87. The average molecular weight is 591 g/mol. The Balaban J connectivity index is 0.00000380. The lowest BCUT2D eigenvalue weighted by Crippen LogP contribution is -2.53. The zero-order valence-corrected chi connectivity index (χ0v) is 26.5. The molecule has 1 heterocycles. The molecule has 3 atom stereocenters. The molecule has 0 radical (unpaired) electrons. The molecule has 1 aliphatic heterocycles. The Hall–Kier alpha value is -0.210. The van der Waals surface area contributed by atoms with Gasteiger partial charge in [-0.05, 0) is 119 Å². The van der Waals surface area contributed by atoms with Crippen LogP contribution in [-0.4, -0.2) is 72.1 Å². The summed E-state index contributed by atoms with van der Waals surface area (Å²) in [6.45, 7) is 14.7. The summed E-state index contributed by atoms with van der Waals surface area (Å²) in [5.41, 5.74) is 2.09. The van der Waals surface area contributed by atoms with Gasteiger partial charge < -0.3 is 31.4 Å². The number of ether oxygens (including phenoxy) is 1. The second kappa shape index (κ2) is 18.5. The van der Waals surface area contributed by atoms with Gasteiger partial charge in [-0.1, -0.05) is 46.8 Å². The van der Waals surface area contributed by atoms with Gasteiger partial charge in [0.05, 0.1) is 6.10 Å². The Bertz CT molecular complexity index is 703. The van der Waals surface area contributed by atoms with Crippen molar-refractivity contribution in [2.45, 2.75) is 130 Å². The molecule has 0 spiro atoms. The van der Waals surface area contributed by atoms with Crippen molar-refractivity contribution in [1.29, 1.82) is 0 Å². The summed E-state index contributed by atoms with van der Waals surface area (Å²) in [6.07, 6.45) is 19.0. The van der Waals surface area contributed by atoms with Crippen LogP contribution >= 0.6 is 11.6 Å². The summed E-state index contributed by atoms with van der Waals surface area (Å²) in [7, 11) is 1.89. The van der Waals surface area contributed by atoms with Crippen LogP contribution < -0.4 is 5.32 Å². The van der Waals surface area contributed by atoms with Gasteiger partial charge in [0.15, 0.2) is 0 Å². The molecule has 7 heteroatoms. The van der Waals surface area contributed by atoms with Gasteiger partial charge in [-0.25, -0.2) is 0 Å². The van der Waals surface area contributed by atoms with Crippen molar-refractivity contribution < 1.29 is 21.2 Å². The molecule has 4 rings (SSSR count). The van der Waals surface area contributed by atoms with Crippen LogP contribution in [0.3, 0.4) is 0 Å². The van der Waals surface area contributed by atoms with Gasteiger partial charge in [0.2, 0.25) is 0 Å². The molecule has 7 N–H and O–H groups in total. The van der Waals surface area contributed by atoms with Crippen molar-refractivity contribution in [3.8, 4) is 0 Å². The summed E-state index contributed by atoms with van der Waals surface area (Å²) in [6, 6.07) is 0.572. The Morgan fingerprint density at radius 2 is 1.57 bits per heavy atom. The van der Waals surface area contributed by atoms with E-state index in [2.05, 4.69) is 44.0 Å². The predicted octanol–water partition coefficient (Wildman–Crippen LogP) is 5.84. The highest BCUT2D eigenvalue weighted by atomic mass is 35.5. The van der Waals surface area contributed by atoms with Gasteiger partial charge in [-0.2, -0.15) is 0 Å². The lowest BCUT2D eigenvalue weighted by molar-refractivity contribution is 0.00498. The largest absolute Gasteiger partial charge is 0.412 e. The second-order valence-electron chi connectivity index (χ2n) is 14.0. The van der Waals surface area contributed by atoms with Crippen LogP contribution in [0, 0.1) is 35.0 Å². The number of piperidine rings is 1. The Labute approximate surface area is 252 Å². The fourth-order valence-corrected chi connectivity index (χ4v) is 8.60. The van der Waals surface area contributed by atoms with E-state index in [1.807, 2.05) is 7.11 Å². The first-order chi connectivity index (χ1) is 17.2. The normalized spacial score (nSPS) is 33.3. The van der Waals surface area contributed by atoms with Crippen molar-refractivity contribution in [2.24, 2.45) is 35.0 Å². The highest BCUT2D eigenvalue weighted by molar-refractivity contribution is 6.20. The maximum atomic E-state index is 6.42. The van der Waals surface area contributed by atoms with Crippen molar-refractivity contribution in [3.63, 3.8) is 0 Å². The molecule has 40 heavy (non-hydrogen) atoms. The van der Waals surface area contributed by atoms with Crippen LogP contribution in [0.2, 0.25) is 0 Å². The molecular weight excluding hydrogens is 524 g/mol. The molecule has 3 fully saturated rings. The van der Waals surface area contributed by atoms with Gasteiger partial charge in [0.25, 0.3) is 0 Å². The fraction of sp³-hybridized carbons (Fsp3) is 0.939. The maximum absolute atomic E-state index is 6.42. The Morgan fingerprint density at radius 1 is 0.950 bits per heavy atom. The Morgan fingerprint density at radius 3 is 2.15 bits per heavy atom. The number of likely N-dealkylation sites (tertiary alicyclic amines) is 1. The second-order valence-corrected chi connectivity index (χ2v) is 14.6. The van der Waals surface area contributed by atoms with E-state index >= 15 is 0 Å². The van der Waals surface area contributed by atoms with E-state index in [0.29, 0.717) is 28.9 Å². The highest BCUT2D eigenvalue weighted by Crippen LogP contribution is 2.45. The van der Waals surface area contributed by atoms with E-state index in [0.717, 1.165) is 30.2 Å². The molecule has 1 unspecified atom stereocenters. The van der Waals surface area contributed by atoms with Gasteiger partial charge in [0, 0.05) is 38.2 Å². The molecule has 0 aromatic rings. The fourth-order valence-electron chi connectivity index (χ4n) is 8.35. The number of hydrogen-bond donors (Lipinski definition) is 1. The highest BCUT2D eigenvalue weighted by Gasteiger charge is 2.41. The summed E-state index contributed by atoms with van der Waals surface area (Å²) in [5, 5.41) is 4.47. The van der Waals surface area contributed by atoms with Crippen molar-refractivity contribution in [1.82, 2.24) is 10.2 Å². The number of rotatable bonds is 9. The number of allylic oxidation sites excluding steroid dienone is 1. The smallest absolute Gasteiger partial charge is 0.0571 e. The minimum Gasteiger partial charge on any atom is -0.412 e. The number of alkyl halides is 1. The van der Waals surface area contributed by atoms with Crippen LogP contribution in [0.15, 0.2) is 11.6 Å². The quantitative estimate of drug-likeness (QED) is 0.268. The standard InChI is InChI=1S/C32H57ClN2O.CH4.3H2O/c1-23(2)31(21-35-18-17-30(32(3,4)22-35)26-9-13-28(33)14-10-26)34-20-24-7-6-8-27(19-24)25-11-15-29(36-5)16-12-25;;;;/h19,23,25-31,34H,6-18,20-22H2,1-5H3;1H4;3*1H2/t25?,26?,27?,28?,29?,30-,31+;;;;/m1..../s1. The SMILES string of the molecule is C.COC1CCC(C2C=C(CN[C@@H](CN3CC[C@H](C4CCC(Cl)CC4)C(C)(C)C3)C(C)C)CCC2)CC1.O.O.O. The van der Waals surface area contributed by atoms with E-state index in [1.54, 1.807) is 5.57 Å². The summed E-state index contributed by atoms with van der Waals surface area (Å²) in [4.78, 5) is 2.79. The van der Waals surface area contributed by atoms with Crippen LogP contribution in [0.5, 0.6) is 0 Å². The van der Waals surface area contributed by atoms with Crippen molar-refractivity contribution in [3.05, 3.63) is 11.6 Å². The minimum absolute atomic E-state index is 0. The van der Waals surface area contributed by atoms with E-state index in [-0.39, 0.29) is 23.9 Å². The topological polar surface area (TPSA) is 119 Å².